The summed E-state index contributed by atoms with van der Waals surface area (Å²) in [4.78, 5) is 31.9. The summed E-state index contributed by atoms with van der Waals surface area (Å²) in [6, 6.07) is 8.78. The van der Waals surface area contributed by atoms with Gasteiger partial charge >= 0.3 is 0 Å². The van der Waals surface area contributed by atoms with Gasteiger partial charge in [0.2, 0.25) is 0 Å². The van der Waals surface area contributed by atoms with Crippen LogP contribution in [0.4, 0.5) is 10.2 Å². The van der Waals surface area contributed by atoms with E-state index in [1.807, 2.05) is 6.07 Å². The second-order valence-corrected chi connectivity index (χ2v) is 7.25. The van der Waals surface area contributed by atoms with Crippen LogP contribution in [0.5, 0.6) is 0 Å². The van der Waals surface area contributed by atoms with E-state index in [-0.39, 0.29) is 5.91 Å². The number of anilines is 1. The Hall–Kier alpha value is -2.71. The minimum Gasteiger partial charge on any atom is -0.359 e. The number of hydrogen-bond acceptors (Lipinski definition) is 6. The number of benzene rings is 1. The molecule has 4 atom stereocenters. The zero-order valence-corrected chi connectivity index (χ0v) is 15.2. The van der Waals surface area contributed by atoms with Crippen LogP contribution in [0.2, 0.25) is 0 Å². The molecule has 1 aliphatic rings. The zero-order valence-electron chi connectivity index (χ0n) is 14.3. The molecule has 4 rings (SSSR count). The van der Waals surface area contributed by atoms with Crippen molar-refractivity contribution in [3.05, 3.63) is 53.2 Å². The van der Waals surface area contributed by atoms with Gasteiger partial charge in [0, 0.05) is 17.0 Å². The van der Waals surface area contributed by atoms with Crippen molar-refractivity contribution in [2.24, 2.45) is 5.92 Å². The highest BCUT2D eigenvalue weighted by molar-refractivity contribution is 7.18. The Morgan fingerprint density at radius 1 is 1.30 bits per heavy atom. The van der Waals surface area contributed by atoms with Crippen molar-refractivity contribution in [1.29, 1.82) is 0 Å². The summed E-state index contributed by atoms with van der Waals surface area (Å²) in [5.41, 5.74) is 1.59. The second kappa shape index (κ2) is 7.13. The van der Waals surface area contributed by atoms with Crippen LogP contribution in [0.1, 0.15) is 28.9 Å². The van der Waals surface area contributed by atoms with Gasteiger partial charge in [0.25, 0.3) is 5.91 Å². The van der Waals surface area contributed by atoms with Crippen molar-refractivity contribution in [2.45, 2.75) is 25.3 Å². The fraction of sp³-hybridized carbons (Fsp3) is 0.263. The number of aldehydes is 1. The maximum Gasteiger partial charge on any atom is 0.256 e. The predicted molar refractivity (Wildman–Crippen MR) is 99.5 cm³/mol. The zero-order chi connectivity index (χ0) is 19.0. The molecule has 3 aromatic rings. The van der Waals surface area contributed by atoms with Gasteiger partial charge in [-0.2, -0.15) is 0 Å². The lowest BCUT2D eigenvalue weighted by molar-refractivity contribution is -0.118. The van der Waals surface area contributed by atoms with E-state index in [0.29, 0.717) is 33.4 Å². The fourth-order valence-corrected chi connectivity index (χ4v) is 4.14. The minimum atomic E-state index is -1.31. The quantitative estimate of drug-likeness (QED) is 0.695. The Morgan fingerprint density at radius 2 is 2.07 bits per heavy atom. The van der Waals surface area contributed by atoms with E-state index < -0.39 is 24.3 Å². The summed E-state index contributed by atoms with van der Waals surface area (Å²) in [5.74, 6) is -0.458. The molecule has 138 valence electrons. The molecule has 0 bridgehead atoms. The molecular weight excluding hydrogens is 369 g/mol. The lowest BCUT2D eigenvalue weighted by atomic mass is 9.97. The standard InChI is InChI=1S/C19H16FN3O3S/c1-10-13(7-24)26-16(14(10)20)12-8-27-17-15(12)21-9-22-18(17)23-19(25)11-5-3-2-4-6-11/h2-10,13-14,16H,1H3,(H,21,22,23,25)/t10-,13-,14-,16+/m1/s1. The van der Waals surface area contributed by atoms with Crippen molar-refractivity contribution >= 4 is 39.6 Å². The predicted octanol–water partition coefficient (Wildman–Crippen LogP) is 3.56. The lowest BCUT2D eigenvalue weighted by Crippen LogP contribution is -2.19. The molecular formula is C19H16FN3O3S. The normalized spacial score (nSPS) is 24.8. The van der Waals surface area contributed by atoms with Crippen molar-refractivity contribution in [3.8, 4) is 0 Å². The third kappa shape index (κ3) is 3.11. The van der Waals surface area contributed by atoms with Crippen LogP contribution in [0.3, 0.4) is 0 Å². The number of halogens is 1. The highest BCUT2D eigenvalue weighted by Gasteiger charge is 2.44. The molecule has 2 aromatic heterocycles. The van der Waals surface area contributed by atoms with Crippen LogP contribution in [-0.2, 0) is 9.53 Å². The third-order valence-electron chi connectivity index (χ3n) is 4.70. The lowest BCUT2D eigenvalue weighted by Gasteiger charge is -2.12. The van der Waals surface area contributed by atoms with E-state index in [0.717, 1.165) is 0 Å². The van der Waals surface area contributed by atoms with Gasteiger partial charge in [-0.25, -0.2) is 14.4 Å². The van der Waals surface area contributed by atoms with Crippen LogP contribution in [-0.4, -0.2) is 34.4 Å². The first-order valence-electron chi connectivity index (χ1n) is 8.43. The number of fused-ring (bicyclic) bond motifs is 1. The maximum absolute atomic E-state index is 14.6. The van der Waals surface area contributed by atoms with Gasteiger partial charge < -0.3 is 14.8 Å². The summed E-state index contributed by atoms with van der Waals surface area (Å²) < 4.78 is 20.9. The SMILES string of the molecule is C[C@H]1[C@@H](F)[C@H](c2csc3c(NC(=O)c4ccccc4)ncnc23)O[C@@H]1C=O. The monoisotopic (exact) mass is 385 g/mol. The first-order valence-corrected chi connectivity index (χ1v) is 9.31. The van der Waals surface area contributed by atoms with Crippen molar-refractivity contribution in [3.63, 3.8) is 0 Å². The molecule has 3 heterocycles. The van der Waals surface area contributed by atoms with Crippen molar-refractivity contribution in [2.75, 3.05) is 5.32 Å². The molecule has 1 N–H and O–H groups in total. The van der Waals surface area contributed by atoms with Gasteiger partial charge in [-0.05, 0) is 17.5 Å². The summed E-state index contributed by atoms with van der Waals surface area (Å²) in [6.07, 6.45) is -1.00. The Bertz CT molecular complexity index is 994. The third-order valence-corrected chi connectivity index (χ3v) is 5.70. The van der Waals surface area contributed by atoms with Crippen LogP contribution in [0, 0.1) is 5.92 Å². The van der Waals surface area contributed by atoms with Crippen LogP contribution in [0.25, 0.3) is 10.2 Å². The molecule has 1 saturated heterocycles. The molecule has 1 aliphatic heterocycles. The van der Waals surface area contributed by atoms with E-state index in [2.05, 4.69) is 15.3 Å². The fourth-order valence-electron chi connectivity index (χ4n) is 3.16. The largest absolute Gasteiger partial charge is 0.359 e. The number of ether oxygens (including phenoxy) is 1. The Balaban J connectivity index is 1.66. The van der Waals surface area contributed by atoms with E-state index in [1.165, 1.54) is 17.7 Å². The number of nitrogens with zero attached hydrogens (tertiary/aromatic N) is 2. The van der Waals surface area contributed by atoms with E-state index in [9.17, 15) is 14.0 Å². The number of hydrogen-bond donors (Lipinski definition) is 1. The molecule has 0 unspecified atom stereocenters. The number of carbonyl (C=O) groups is 2. The average molecular weight is 385 g/mol. The second-order valence-electron chi connectivity index (χ2n) is 6.37. The smallest absolute Gasteiger partial charge is 0.256 e. The molecule has 1 fully saturated rings. The molecule has 1 aromatic carbocycles. The number of thiophene rings is 1. The number of nitrogens with one attached hydrogen (secondary N) is 1. The van der Waals surface area contributed by atoms with Crippen LogP contribution in [0.15, 0.2) is 42.0 Å². The minimum absolute atomic E-state index is 0.291. The summed E-state index contributed by atoms with van der Waals surface area (Å²) in [7, 11) is 0. The van der Waals surface area contributed by atoms with Crippen LogP contribution >= 0.6 is 11.3 Å². The number of alkyl halides is 1. The average Bonchev–Trinajstić information content (AvgIpc) is 3.25. The molecule has 0 spiro atoms. The summed E-state index contributed by atoms with van der Waals surface area (Å²) >= 11 is 1.30. The maximum atomic E-state index is 14.6. The van der Waals surface area contributed by atoms with E-state index in [4.69, 9.17) is 4.74 Å². The number of rotatable bonds is 4. The number of aromatic nitrogens is 2. The molecule has 8 heteroatoms. The van der Waals surface area contributed by atoms with E-state index in [1.54, 1.807) is 36.6 Å². The van der Waals surface area contributed by atoms with E-state index >= 15 is 0 Å². The molecule has 1 amide bonds. The van der Waals surface area contributed by atoms with Crippen molar-refractivity contribution in [1.82, 2.24) is 9.97 Å². The van der Waals surface area contributed by atoms with Crippen LogP contribution < -0.4 is 5.32 Å². The number of amides is 1. The highest BCUT2D eigenvalue weighted by atomic mass is 32.1. The molecule has 0 saturated carbocycles. The Morgan fingerprint density at radius 3 is 2.78 bits per heavy atom. The van der Waals surface area contributed by atoms with Gasteiger partial charge in [-0.3, -0.25) is 4.79 Å². The Labute approximate surface area is 158 Å². The van der Waals surface area contributed by atoms with Gasteiger partial charge in [0.05, 0.1) is 10.2 Å². The first-order chi connectivity index (χ1) is 13.1. The molecule has 6 nitrogen and oxygen atoms in total. The molecule has 0 aliphatic carbocycles. The van der Waals surface area contributed by atoms with Crippen molar-refractivity contribution < 1.29 is 18.7 Å². The van der Waals surface area contributed by atoms with Gasteiger partial charge in [0.15, 0.2) is 5.82 Å². The summed E-state index contributed by atoms with van der Waals surface area (Å²) in [5, 5.41) is 4.52. The molecule has 27 heavy (non-hydrogen) atoms. The summed E-state index contributed by atoms with van der Waals surface area (Å²) in [6.45, 7) is 1.65. The van der Waals surface area contributed by atoms with Gasteiger partial charge in [-0.15, -0.1) is 11.3 Å². The Kier molecular flexibility index (Phi) is 4.67. The van der Waals surface area contributed by atoms with Gasteiger partial charge in [-0.1, -0.05) is 25.1 Å². The number of carbonyl (C=O) groups excluding carboxylic acids is 2. The topological polar surface area (TPSA) is 81.2 Å². The van der Waals surface area contributed by atoms with Gasteiger partial charge in [0.1, 0.15) is 31.0 Å². The molecule has 0 radical (unpaired) electrons. The first kappa shape index (κ1) is 17.7. The highest BCUT2D eigenvalue weighted by Crippen LogP contribution is 2.43.